The number of ether oxygens (including phenoxy) is 1. The minimum absolute atomic E-state index is 0.0812. The van der Waals surface area contributed by atoms with Gasteiger partial charge in [0.15, 0.2) is 0 Å². The van der Waals surface area contributed by atoms with Gasteiger partial charge in [0.05, 0.1) is 17.1 Å². The van der Waals surface area contributed by atoms with E-state index in [0.717, 1.165) is 6.07 Å². The van der Waals surface area contributed by atoms with Crippen LogP contribution < -0.4 is 4.72 Å². The molecule has 20 heavy (non-hydrogen) atoms. The van der Waals surface area contributed by atoms with Crippen molar-refractivity contribution in [1.82, 2.24) is 4.72 Å². The van der Waals surface area contributed by atoms with E-state index >= 15 is 0 Å². The van der Waals surface area contributed by atoms with Crippen molar-refractivity contribution in [3.8, 4) is 0 Å². The molecular formula is C12H15NO6S. The molecule has 0 saturated carbocycles. The first-order valence-corrected chi connectivity index (χ1v) is 7.28. The van der Waals surface area contributed by atoms with Gasteiger partial charge in [-0.3, -0.25) is 4.79 Å². The minimum atomic E-state index is -4.01. The van der Waals surface area contributed by atoms with E-state index in [2.05, 4.69) is 0 Å². The molecular weight excluding hydrogens is 286 g/mol. The van der Waals surface area contributed by atoms with Gasteiger partial charge in [0.2, 0.25) is 10.0 Å². The Labute approximate surface area is 116 Å². The fraction of sp³-hybridized carbons (Fsp3) is 0.333. The Balaban J connectivity index is 3.04. The second-order valence-electron chi connectivity index (χ2n) is 3.93. The molecule has 0 saturated heterocycles. The summed E-state index contributed by atoms with van der Waals surface area (Å²) in [4.78, 5) is 22.0. The largest absolute Gasteiger partial charge is 0.480 e. The average Bonchev–Trinajstić information content (AvgIpc) is 2.38. The number of carboxylic acid groups (broad SMARTS) is 1. The van der Waals surface area contributed by atoms with Crippen LogP contribution in [0.1, 0.15) is 24.2 Å². The van der Waals surface area contributed by atoms with Gasteiger partial charge in [0, 0.05) is 0 Å². The van der Waals surface area contributed by atoms with Crippen molar-refractivity contribution in [2.75, 3.05) is 6.61 Å². The van der Waals surface area contributed by atoms with Crippen molar-refractivity contribution >= 4 is 22.0 Å². The first-order valence-electron chi connectivity index (χ1n) is 5.80. The Kier molecular flexibility index (Phi) is 5.23. The Morgan fingerprint density at radius 2 is 2.05 bits per heavy atom. The fourth-order valence-corrected chi connectivity index (χ4v) is 2.60. The fourth-order valence-electron chi connectivity index (χ4n) is 1.36. The number of hydrogen-bond donors (Lipinski definition) is 2. The molecule has 0 radical (unpaired) electrons. The zero-order chi connectivity index (χ0) is 15.3. The van der Waals surface area contributed by atoms with Gasteiger partial charge in [-0.05, 0) is 32.0 Å². The van der Waals surface area contributed by atoms with E-state index in [1.54, 1.807) is 6.92 Å². The van der Waals surface area contributed by atoms with Crippen LogP contribution in [0.2, 0.25) is 0 Å². The van der Waals surface area contributed by atoms with Crippen LogP contribution in [0.15, 0.2) is 29.2 Å². The summed E-state index contributed by atoms with van der Waals surface area (Å²) >= 11 is 0. The van der Waals surface area contributed by atoms with E-state index < -0.39 is 28.0 Å². The molecule has 0 spiro atoms. The van der Waals surface area contributed by atoms with Crippen LogP contribution in [-0.4, -0.2) is 38.1 Å². The molecule has 7 nitrogen and oxygen atoms in total. The monoisotopic (exact) mass is 301 g/mol. The predicted octanol–water partition coefficient (Wildman–Crippen LogP) is 0.615. The van der Waals surface area contributed by atoms with Gasteiger partial charge >= 0.3 is 11.9 Å². The third kappa shape index (κ3) is 4.04. The van der Waals surface area contributed by atoms with Gasteiger partial charge in [-0.1, -0.05) is 6.07 Å². The van der Waals surface area contributed by atoms with E-state index in [1.807, 2.05) is 4.72 Å². The quantitative estimate of drug-likeness (QED) is 0.745. The van der Waals surface area contributed by atoms with Gasteiger partial charge < -0.3 is 9.84 Å². The molecule has 8 heteroatoms. The summed E-state index contributed by atoms with van der Waals surface area (Å²) in [6, 6.07) is 3.92. The first kappa shape index (κ1) is 16.1. The number of carbonyl (C=O) groups is 2. The molecule has 0 aliphatic carbocycles. The molecule has 0 aliphatic heterocycles. The molecule has 0 heterocycles. The van der Waals surface area contributed by atoms with E-state index in [1.165, 1.54) is 25.1 Å². The van der Waals surface area contributed by atoms with Crippen LogP contribution in [0.3, 0.4) is 0 Å². The molecule has 1 aromatic carbocycles. The topological polar surface area (TPSA) is 110 Å². The highest BCUT2D eigenvalue weighted by atomic mass is 32.2. The number of hydrogen-bond acceptors (Lipinski definition) is 5. The van der Waals surface area contributed by atoms with Crippen LogP contribution in [0.25, 0.3) is 0 Å². The highest BCUT2D eigenvalue weighted by Gasteiger charge is 2.22. The molecule has 0 aromatic heterocycles. The SMILES string of the molecule is CCOC(=O)c1cccc(S(=O)(=O)NC(C)C(=O)O)c1. The van der Waals surface area contributed by atoms with Crippen molar-refractivity contribution in [3.05, 3.63) is 29.8 Å². The highest BCUT2D eigenvalue weighted by molar-refractivity contribution is 7.89. The van der Waals surface area contributed by atoms with Gasteiger partial charge in [-0.25, -0.2) is 13.2 Å². The van der Waals surface area contributed by atoms with Crippen LogP contribution in [0.5, 0.6) is 0 Å². The number of benzene rings is 1. The maximum Gasteiger partial charge on any atom is 0.338 e. The summed E-state index contributed by atoms with van der Waals surface area (Å²) in [5.74, 6) is -1.94. The van der Waals surface area contributed by atoms with Crippen molar-refractivity contribution in [3.63, 3.8) is 0 Å². The molecule has 0 amide bonds. The predicted molar refractivity (Wildman–Crippen MR) is 69.8 cm³/mol. The summed E-state index contributed by atoms with van der Waals surface area (Å²) in [6.45, 7) is 3.01. The second kappa shape index (κ2) is 6.49. The van der Waals surface area contributed by atoms with Crippen molar-refractivity contribution in [2.45, 2.75) is 24.8 Å². The molecule has 0 bridgehead atoms. The Morgan fingerprint density at radius 1 is 1.40 bits per heavy atom. The van der Waals surface area contributed by atoms with Gasteiger partial charge in [-0.15, -0.1) is 0 Å². The van der Waals surface area contributed by atoms with Gasteiger partial charge in [-0.2, -0.15) is 4.72 Å². The first-order chi connectivity index (χ1) is 9.27. The summed E-state index contributed by atoms with van der Waals surface area (Å²) in [6.07, 6.45) is 0. The lowest BCUT2D eigenvalue weighted by Gasteiger charge is -2.11. The highest BCUT2D eigenvalue weighted by Crippen LogP contribution is 2.13. The number of esters is 1. The standard InChI is InChI=1S/C12H15NO6S/c1-3-19-12(16)9-5-4-6-10(7-9)20(17,18)13-8(2)11(14)15/h4-8,13H,3H2,1-2H3,(H,14,15). The van der Waals surface area contributed by atoms with Crippen molar-refractivity contribution in [1.29, 1.82) is 0 Å². The van der Waals surface area contributed by atoms with Crippen LogP contribution in [-0.2, 0) is 19.6 Å². The molecule has 0 aliphatic rings. The third-order valence-corrected chi connectivity index (χ3v) is 3.90. The Hall–Kier alpha value is -1.93. The zero-order valence-electron chi connectivity index (χ0n) is 11.0. The second-order valence-corrected chi connectivity index (χ2v) is 5.64. The molecule has 2 N–H and O–H groups in total. The van der Waals surface area contributed by atoms with E-state index in [-0.39, 0.29) is 17.1 Å². The maximum atomic E-state index is 12.0. The van der Waals surface area contributed by atoms with Crippen molar-refractivity contribution in [2.24, 2.45) is 0 Å². The smallest absolute Gasteiger partial charge is 0.338 e. The third-order valence-electron chi connectivity index (χ3n) is 2.36. The number of carbonyl (C=O) groups excluding carboxylic acids is 1. The lowest BCUT2D eigenvalue weighted by atomic mass is 10.2. The Bertz CT molecular complexity index is 610. The Morgan fingerprint density at radius 3 is 2.60 bits per heavy atom. The van der Waals surface area contributed by atoms with E-state index in [9.17, 15) is 18.0 Å². The number of aliphatic carboxylic acids is 1. The lowest BCUT2D eigenvalue weighted by Crippen LogP contribution is -2.38. The van der Waals surface area contributed by atoms with Crippen molar-refractivity contribution < 1.29 is 27.9 Å². The molecule has 110 valence electrons. The van der Waals surface area contributed by atoms with Gasteiger partial charge in [0.25, 0.3) is 0 Å². The zero-order valence-corrected chi connectivity index (χ0v) is 11.8. The molecule has 0 fully saturated rings. The summed E-state index contributed by atoms with van der Waals surface area (Å²) in [7, 11) is -4.01. The number of rotatable bonds is 6. The summed E-state index contributed by atoms with van der Waals surface area (Å²) < 4.78 is 30.7. The van der Waals surface area contributed by atoms with E-state index in [4.69, 9.17) is 9.84 Å². The van der Waals surface area contributed by atoms with Crippen LogP contribution in [0.4, 0.5) is 0 Å². The molecule has 1 atom stereocenters. The number of nitrogens with one attached hydrogen (secondary N) is 1. The molecule has 1 unspecified atom stereocenters. The number of sulfonamides is 1. The maximum absolute atomic E-state index is 12.0. The van der Waals surface area contributed by atoms with Crippen LogP contribution >= 0.6 is 0 Å². The normalized spacial score (nSPS) is 12.7. The molecule has 1 rings (SSSR count). The summed E-state index contributed by atoms with van der Waals surface area (Å²) in [5, 5.41) is 8.70. The average molecular weight is 301 g/mol. The van der Waals surface area contributed by atoms with Gasteiger partial charge in [0.1, 0.15) is 6.04 Å². The minimum Gasteiger partial charge on any atom is -0.480 e. The van der Waals surface area contributed by atoms with Crippen LogP contribution in [0, 0.1) is 0 Å². The lowest BCUT2D eigenvalue weighted by molar-refractivity contribution is -0.138. The molecule has 1 aromatic rings. The summed E-state index contributed by atoms with van der Waals surface area (Å²) in [5.41, 5.74) is 0.0812. The van der Waals surface area contributed by atoms with E-state index in [0.29, 0.717) is 0 Å². The number of carboxylic acids is 1.